The molecule has 0 saturated carbocycles. The van der Waals surface area contributed by atoms with Crippen LogP contribution in [-0.4, -0.2) is 75.5 Å². The Labute approximate surface area is 330 Å². The first-order chi connectivity index (χ1) is 26.1. The van der Waals surface area contributed by atoms with Crippen LogP contribution in [0.3, 0.4) is 0 Å². The molecule has 2 unspecified atom stereocenters. The van der Waals surface area contributed by atoms with Gasteiger partial charge in [-0.3, -0.25) is 9.59 Å². The van der Waals surface area contributed by atoms with Crippen LogP contribution in [-0.2, 0) is 28.6 Å². The molecule has 0 saturated heterocycles. The molecule has 54 heavy (non-hydrogen) atoms. The summed E-state index contributed by atoms with van der Waals surface area (Å²) < 4.78 is 17.0. The number of hydrogen-bond donors (Lipinski definition) is 0. The second-order valence-corrected chi connectivity index (χ2v) is 14.8. The van der Waals surface area contributed by atoms with Gasteiger partial charge >= 0.3 is 11.9 Å². The molecule has 0 spiro atoms. The molecule has 8 nitrogen and oxygen atoms in total. The van der Waals surface area contributed by atoms with E-state index in [2.05, 4.69) is 86.8 Å². The van der Waals surface area contributed by atoms with Crippen LogP contribution in [0.25, 0.3) is 0 Å². The van der Waals surface area contributed by atoms with Gasteiger partial charge in [0, 0.05) is 19.3 Å². The zero-order valence-electron chi connectivity index (χ0n) is 34.9. The van der Waals surface area contributed by atoms with Gasteiger partial charge in [-0.15, -0.1) is 0 Å². The quantitative estimate of drug-likeness (QED) is 0.0272. The molecule has 0 bridgehead atoms. The van der Waals surface area contributed by atoms with E-state index in [9.17, 15) is 19.5 Å². The first-order valence-electron chi connectivity index (χ1n) is 21.0. The zero-order chi connectivity index (χ0) is 40.0. The standard InChI is InChI=1S/C46H77NO7/c1-6-8-10-12-14-16-17-18-19-20-21-22-23-24-25-26-27-29-31-33-35-37-45(49)54-42(40-52-39-38-43(46(50)51)47(3,4)5)41-53-44(48)36-34-32-30-28-15-13-11-9-7-2/h9,11,14-16,18-19,21-22,24-25,28,42-43H,6-8,10,12-13,17,20,23,26-27,29-41H2,1-5H3/b11-9+,16-14+,19-18+,22-21+,25-24+,28-15+. The maximum atomic E-state index is 12.7. The molecule has 8 heteroatoms. The van der Waals surface area contributed by atoms with Crippen LogP contribution < -0.4 is 5.11 Å². The summed E-state index contributed by atoms with van der Waals surface area (Å²) in [5.74, 6) is -1.82. The molecule has 0 aliphatic heterocycles. The van der Waals surface area contributed by atoms with E-state index >= 15 is 0 Å². The van der Waals surface area contributed by atoms with Crippen LogP contribution in [0.15, 0.2) is 72.9 Å². The number of nitrogens with zero attached hydrogens (tertiary/aromatic N) is 1. The molecule has 2 atom stereocenters. The maximum absolute atomic E-state index is 12.7. The van der Waals surface area contributed by atoms with Gasteiger partial charge in [0.25, 0.3) is 0 Å². The van der Waals surface area contributed by atoms with Crippen molar-refractivity contribution in [3.8, 4) is 0 Å². The fourth-order valence-corrected chi connectivity index (χ4v) is 5.56. The fraction of sp³-hybridized carbons (Fsp3) is 0.674. The van der Waals surface area contributed by atoms with Crippen molar-refractivity contribution in [2.75, 3.05) is 41.0 Å². The lowest BCUT2D eigenvalue weighted by atomic mass is 10.1. The topological polar surface area (TPSA) is 102 Å². The molecule has 0 fully saturated rings. The van der Waals surface area contributed by atoms with Crippen molar-refractivity contribution in [2.45, 2.75) is 161 Å². The van der Waals surface area contributed by atoms with Crippen molar-refractivity contribution in [3.63, 3.8) is 0 Å². The Morgan fingerprint density at radius 2 is 1.04 bits per heavy atom. The number of hydrogen-bond acceptors (Lipinski definition) is 7. The Bertz CT molecular complexity index is 1110. The summed E-state index contributed by atoms with van der Waals surface area (Å²) in [6, 6.07) is -0.736. The number of aliphatic carboxylic acids is 1. The van der Waals surface area contributed by atoms with E-state index in [0.29, 0.717) is 12.8 Å². The lowest BCUT2D eigenvalue weighted by Gasteiger charge is -2.34. The Balaban J connectivity index is 4.38. The molecule has 0 rings (SSSR count). The summed E-state index contributed by atoms with van der Waals surface area (Å²) in [7, 11) is 5.37. The molecular formula is C46H77NO7. The fourth-order valence-electron chi connectivity index (χ4n) is 5.56. The van der Waals surface area contributed by atoms with Gasteiger partial charge < -0.3 is 28.6 Å². The minimum Gasteiger partial charge on any atom is -0.544 e. The molecule has 0 aromatic carbocycles. The monoisotopic (exact) mass is 756 g/mol. The predicted molar refractivity (Wildman–Crippen MR) is 222 cm³/mol. The van der Waals surface area contributed by atoms with Crippen LogP contribution in [0.5, 0.6) is 0 Å². The number of quaternary nitrogens is 1. The number of rotatable bonds is 36. The highest BCUT2D eigenvalue weighted by Crippen LogP contribution is 2.12. The highest BCUT2D eigenvalue weighted by molar-refractivity contribution is 5.70. The first-order valence-corrected chi connectivity index (χ1v) is 21.0. The summed E-state index contributed by atoms with van der Waals surface area (Å²) in [6.45, 7) is 4.42. The van der Waals surface area contributed by atoms with E-state index in [4.69, 9.17) is 14.2 Å². The average molecular weight is 756 g/mol. The second kappa shape index (κ2) is 36.7. The molecular weight excluding hydrogens is 679 g/mol. The minimum absolute atomic E-state index is 0.0185. The van der Waals surface area contributed by atoms with Crippen LogP contribution in [0.2, 0.25) is 0 Å². The Hall–Kier alpha value is -3.23. The second-order valence-electron chi connectivity index (χ2n) is 14.8. The van der Waals surface area contributed by atoms with Crippen LogP contribution in [0.4, 0.5) is 0 Å². The largest absolute Gasteiger partial charge is 0.544 e. The summed E-state index contributed by atoms with van der Waals surface area (Å²) >= 11 is 0. The summed E-state index contributed by atoms with van der Waals surface area (Å²) in [6.07, 6.45) is 45.1. The Morgan fingerprint density at radius 1 is 0.574 bits per heavy atom. The van der Waals surface area contributed by atoms with Crippen LogP contribution >= 0.6 is 0 Å². The molecule has 0 aromatic rings. The molecule has 0 amide bonds. The van der Waals surface area contributed by atoms with Gasteiger partial charge in [0.05, 0.1) is 40.3 Å². The predicted octanol–water partition coefficient (Wildman–Crippen LogP) is 9.85. The van der Waals surface area contributed by atoms with Crippen LogP contribution in [0.1, 0.15) is 149 Å². The Kier molecular flexibility index (Phi) is 34.5. The van der Waals surface area contributed by atoms with Crippen molar-refractivity contribution < 1.29 is 38.2 Å². The molecule has 0 aliphatic carbocycles. The number of carboxylic acid groups (broad SMARTS) is 1. The number of unbranched alkanes of at least 4 members (excludes halogenated alkanes) is 10. The number of allylic oxidation sites excluding steroid dienone is 12. The average Bonchev–Trinajstić information content (AvgIpc) is 3.12. The number of carbonyl (C=O) groups is 3. The molecule has 0 radical (unpaired) electrons. The van der Waals surface area contributed by atoms with Crippen molar-refractivity contribution in [2.24, 2.45) is 0 Å². The molecule has 0 aromatic heterocycles. The number of carbonyl (C=O) groups excluding carboxylic acids is 3. The van der Waals surface area contributed by atoms with E-state index in [1.807, 2.05) is 0 Å². The highest BCUT2D eigenvalue weighted by atomic mass is 16.6. The number of carboxylic acids is 1. The molecule has 0 N–H and O–H groups in total. The van der Waals surface area contributed by atoms with Crippen molar-refractivity contribution >= 4 is 17.9 Å². The SMILES string of the molecule is CC/C=C/C/C=C/CCCCC(=O)OCC(COCCC(C(=O)[O-])[N+](C)(C)C)OC(=O)CCCCCCC/C=C/C/C=C/C/C=C/C/C=C/CCCCC. The number of esters is 2. The number of likely N-dealkylation sites (N-methyl/N-ethyl adjacent to an activating group) is 1. The van der Waals surface area contributed by atoms with Gasteiger partial charge in [0.1, 0.15) is 12.6 Å². The van der Waals surface area contributed by atoms with E-state index < -0.39 is 18.1 Å². The summed E-state index contributed by atoms with van der Waals surface area (Å²) in [4.78, 5) is 36.7. The van der Waals surface area contributed by atoms with Crippen molar-refractivity contribution in [3.05, 3.63) is 72.9 Å². The lowest BCUT2D eigenvalue weighted by Crippen LogP contribution is -2.55. The van der Waals surface area contributed by atoms with E-state index in [1.54, 1.807) is 21.1 Å². The normalized spacial score (nSPS) is 13.7. The van der Waals surface area contributed by atoms with Crippen LogP contribution in [0, 0.1) is 0 Å². The maximum Gasteiger partial charge on any atom is 0.306 e. The molecule has 308 valence electrons. The first kappa shape index (κ1) is 50.8. The van der Waals surface area contributed by atoms with E-state index in [1.165, 1.54) is 25.7 Å². The third-order valence-corrected chi connectivity index (χ3v) is 8.83. The summed E-state index contributed by atoms with van der Waals surface area (Å²) in [5.41, 5.74) is 0. The van der Waals surface area contributed by atoms with Gasteiger partial charge in [-0.05, 0) is 83.5 Å². The highest BCUT2D eigenvalue weighted by Gasteiger charge is 2.25. The van der Waals surface area contributed by atoms with E-state index in [-0.39, 0.29) is 49.1 Å². The molecule has 0 aliphatic rings. The van der Waals surface area contributed by atoms with Crippen molar-refractivity contribution in [1.82, 2.24) is 0 Å². The van der Waals surface area contributed by atoms with Gasteiger partial charge in [0.15, 0.2) is 6.10 Å². The minimum atomic E-state index is -1.14. The van der Waals surface area contributed by atoms with Gasteiger partial charge in [-0.2, -0.15) is 0 Å². The number of ether oxygens (including phenoxy) is 3. The third kappa shape index (κ3) is 34.5. The van der Waals surface area contributed by atoms with E-state index in [0.717, 1.165) is 83.5 Å². The van der Waals surface area contributed by atoms with Gasteiger partial charge in [-0.1, -0.05) is 119 Å². The van der Waals surface area contributed by atoms with Crippen molar-refractivity contribution in [1.29, 1.82) is 0 Å². The van der Waals surface area contributed by atoms with Gasteiger partial charge in [-0.25, -0.2) is 0 Å². The third-order valence-electron chi connectivity index (χ3n) is 8.83. The Morgan fingerprint density at radius 3 is 1.57 bits per heavy atom. The van der Waals surface area contributed by atoms with Gasteiger partial charge in [0.2, 0.25) is 0 Å². The smallest absolute Gasteiger partial charge is 0.306 e. The molecule has 0 heterocycles. The zero-order valence-corrected chi connectivity index (χ0v) is 34.9. The summed E-state index contributed by atoms with van der Waals surface area (Å²) in [5, 5.41) is 11.6. The lowest BCUT2D eigenvalue weighted by molar-refractivity contribution is -0.889.